The van der Waals surface area contributed by atoms with Gasteiger partial charge in [0, 0.05) is 19.6 Å². The Morgan fingerprint density at radius 2 is 2.41 bits per heavy atom. The molecule has 1 aromatic heterocycles. The van der Waals surface area contributed by atoms with Crippen LogP contribution in [0.5, 0.6) is 0 Å². The van der Waals surface area contributed by atoms with E-state index in [0.29, 0.717) is 9.34 Å². The van der Waals surface area contributed by atoms with Crippen molar-refractivity contribution in [3.8, 4) is 0 Å². The summed E-state index contributed by atoms with van der Waals surface area (Å²) in [7, 11) is 0. The van der Waals surface area contributed by atoms with E-state index in [2.05, 4.69) is 15.2 Å². The normalized spacial score (nSPS) is 19.8. The molecule has 5 nitrogen and oxygen atoms in total. The Hall–Kier alpha value is -0.690. The second-order valence-corrected chi connectivity index (χ2v) is 5.64. The number of nitrogens with zero attached hydrogens (tertiary/aromatic N) is 2. The van der Waals surface area contributed by atoms with Crippen LogP contribution in [0.3, 0.4) is 0 Å². The molecule has 1 aliphatic heterocycles. The SMILES string of the molecule is NC(=O)C(c1ncc(Cl)s1)N1CCCNCC1. The maximum atomic E-state index is 11.6. The molecule has 0 spiro atoms. The van der Waals surface area contributed by atoms with Gasteiger partial charge in [0.1, 0.15) is 15.4 Å². The Labute approximate surface area is 109 Å². The molecule has 1 atom stereocenters. The van der Waals surface area contributed by atoms with Gasteiger partial charge in [-0.3, -0.25) is 9.69 Å². The van der Waals surface area contributed by atoms with E-state index < -0.39 is 6.04 Å². The van der Waals surface area contributed by atoms with Gasteiger partial charge in [0.2, 0.25) is 5.91 Å². The molecule has 0 radical (unpaired) electrons. The summed E-state index contributed by atoms with van der Waals surface area (Å²) in [5, 5.41) is 3.98. The van der Waals surface area contributed by atoms with E-state index in [1.54, 1.807) is 6.20 Å². The molecule has 1 fully saturated rings. The first kappa shape index (κ1) is 12.8. The number of thiazole rings is 1. The number of carbonyl (C=O) groups is 1. The summed E-state index contributed by atoms with van der Waals surface area (Å²) < 4.78 is 0.583. The number of aromatic nitrogens is 1. The van der Waals surface area contributed by atoms with Gasteiger partial charge in [-0.1, -0.05) is 11.6 Å². The number of hydrogen-bond donors (Lipinski definition) is 2. The minimum atomic E-state index is -0.451. The maximum absolute atomic E-state index is 11.6. The van der Waals surface area contributed by atoms with Crippen molar-refractivity contribution < 1.29 is 4.79 Å². The molecular formula is C10H15ClN4OS. The van der Waals surface area contributed by atoms with Crippen LogP contribution in [0.4, 0.5) is 0 Å². The first-order valence-electron chi connectivity index (χ1n) is 5.54. The third-order valence-corrected chi connectivity index (χ3v) is 3.91. The van der Waals surface area contributed by atoms with E-state index >= 15 is 0 Å². The number of amides is 1. The fraction of sp³-hybridized carbons (Fsp3) is 0.600. The molecule has 3 N–H and O–H groups in total. The summed E-state index contributed by atoms with van der Waals surface area (Å²) in [6, 6.07) is -0.451. The number of rotatable bonds is 3. The van der Waals surface area contributed by atoms with E-state index in [0.717, 1.165) is 32.6 Å². The van der Waals surface area contributed by atoms with Crippen LogP contribution < -0.4 is 11.1 Å². The van der Waals surface area contributed by atoms with Crippen molar-refractivity contribution in [1.82, 2.24) is 15.2 Å². The Bertz CT molecular complexity index is 389. The highest BCUT2D eigenvalue weighted by Crippen LogP contribution is 2.28. The molecule has 2 heterocycles. The molecule has 0 saturated carbocycles. The van der Waals surface area contributed by atoms with Crippen molar-refractivity contribution in [3.63, 3.8) is 0 Å². The summed E-state index contributed by atoms with van der Waals surface area (Å²) in [6.07, 6.45) is 2.57. The average Bonchev–Trinajstić information content (AvgIpc) is 2.53. The van der Waals surface area contributed by atoms with Gasteiger partial charge in [-0.25, -0.2) is 4.98 Å². The zero-order chi connectivity index (χ0) is 12.3. The van der Waals surface area contributed by atoms with Crippen LogP contribution in [0.25, 0.3) is 0 Å². The quantitative estimate of drug-likeness (QED) is 0.848. The monoisotopic (exact) mass is 274 g/mol. The first-order chi connectivity index (χ1) is 8.18. The highest BCUT2D eigenvalue weighted by Gasteiger charge is 2.28. The fourth-order valence-corrected chi connectivity index (χ4v) is 3.05. The molecule has 94 valence electrons. The third-order valence-electron chi connectivity index (χ3n) is 2.74. The van der Waals surface area contributed by atoms with Gasteiger partial charge in [0.15, 0.2) is 0 Å². The van der Waals surface area contributed by atoms with Crippen molar-refractivity contribution in [2.24, 2.45) is 5.73 Å². The molecule has 1 aliphatic rings. The Morgan fingerprint density at radius 1 is 1.59 bits per heavy atom. The molecule has 0 aliphatic carbocycles. The van der Waals surface area contributed by atoms with Crippen LogP contribution in [0.2, 0.25) is 4.34 Å². The molecule has 0 aromatic carbocycles. The molecule has 1 saturated heterocycles. The van der Waals surface area contributed by atoms with Crippen molar-refractivity contribution in [2.75, 3.05) is 26.2 Å². The smallest absolute Gasteiger partial charge is 0.241 e. The van der Waals surface area contributed by atoms with Crippen molar-refractivity contribution in [2.45, 2.75) is 12.5 Å². The van der Waals surface area contributed by atoms with E-state index in [4.69, 9.17) is 17.3 Å². The van der Waals surface area contributed by atoms with Crippen LogP contribution in [-0.4, -0.2) is 42.0 Å². The van der Waals surface area contributed by atoms with Crippen molar-refractivity contribution in [1.29, 1.82) is 0 Å². The highest BCUT2D eigenvalue weighted by molar-refractivity contribution is 7.16. The minimum Gasteiger partial charge on any atom is -0.368 e. The summed E-state index contributed by atoms with van der Waals surface area (Å²) in [5.41, 5.74) is 5.48. The first-order valence-corrected chi connectivity index (χ1v) is 6.73. The Balaban J connectivity index is 2.18. The molecule has 1 aromatic rings. The lowest BCUT2D eigenvalue weighted by atomic mass is 10.2. The Morgan fingerprint density at radius 3 is 3.06 bits per heavy atom. The molecule has 7 heteroatoms. The fourth-order valence-electron chi connectivity index (χ4n) is 1.98. The topological polar surface area (TPSA) is 71.2 Å². The van der Waals surface area contributed by atoms with Crippen LogP contribution in [0.15, 0.2) is 6.20 Å². The number of nitrogens with two attached hydrogens (primary N) is 1. The second-order valence-electron chi connectivity index (χ2n) is 3.95. The highest BCUT2D eigenvalue weighted by atomic mass is 35.5. The number of primary amides is 1. The second kappa shape index (κ2) is 5.77. The molecule has 1 amide bonds. The summed E-state index contributed by atoms with van der Waals surface area (Å²) in [5.74, 6) is -0.363. The van der Waals surface area contributed by atoms with Gasteiger partial charge in [-0.2, -0.15) is 0 Å². The van der Waals surface area contributed by atoms with Crippen LogP contribution in [-0.2, 0) is 4.79 Å². The lowest BCUT2D eigenvalue weighted by Crippen LogP contribution is -2.39. The molecule has 0 bridgehead atoms. The zero-order valence-electron chi connectivity index (χ0n) is 9.36. The van der Waals surface area contributed by atoms with Gasteiger partial charge in [-0.15, -0.1) is 11.3 Å². The number of halogens is 1. The number of carbonyl (C=O) groups excluding carboxylic acids is 1. The molecular weight excluding hydrogens is 260 g/mol. The lowest BCUT2D eigenvalue weighted by molar-refractivity contribution is -0.123. The van der Waals surface area contributed by atoms with Gasteiger partial charge in [-0.05, 0) is 13.0 Å². The van der Waals surface area contributed by atoms with Gasteiger partial charge in [0.05, 0.1) is 6.20 Å². The maximum Gasteiger partial charge on any atom is 0.241 e. The zero-order valence-corrected chi connectivity index (χ0v) is 10.9. The van der Waals surface area contributed by atoms with E-state index in [1.807, 2.05) is 0 Å². The predicted octanol–water partition coefficient (Wildman–Crippen LogP) is 0.618. The van der Waals surface area contributed by atoms with E-state index in [9.17, 15) is 4.79 Å². The molecule has 1 unspecified atom stereocenters. The summed E-state index contributed by atoms with van der Waals surface area (Å²) in [6.45, 7) is 3.48. The summed E-state index contributed by atoms with van der Waals surface area (Å²) in [4.78, 5) is 17.8. The largest absolute Gasteiger partial charge is 0.368 e. The summed E-state index contributed by atoms with van der Waals surface area (Å²) >= 11 is 7.17. The average molecular weight is 275 g/mol. The lowest BCUT2D eigenvalue weighted by Gasteiger charge is -2.26. The van der Waals surface area contributed by atoms with E-state index in [-0.39, 0.29) is 5.91 Å². The van der Waals surface area contributed by atoms with E-state index in [1.165, 1.54) is 11.3 Å². The third kappa shape index (κ3) is 3.16. The standard InChI is InChI=1S/C10H15ClN4OS/c11-7-6-14-10(17-7)8(9(12)16)15-4-1-2-13-3-5-15/h6,8,13H,1-5H2,(H2,12,16). The van der Waals surface area contributed by atoms with Crippen molar-refractivity contribution in [3.05, 3.63) is 15.5 Å². The molecule has 2 rings (SSSR count). The minimum absolute atomic E-state index is 0.363. The van der Waals surface area contributed by atoms with Crippen molar-refractivity contribution >= 4 is 28.8 Å². The number of nitrogens with one attached hydrogen (secondary N) is 1. The van der Waals surface area contributed by atoms with Crippen LogP contribution >= 0.6 is 22.9 Å². The molecule has 17 heavy (non-hydrogen) atoms. The Kier molecular flexibility index (Phi) is 4.33. The predicted molar refractivity (Wildman–Crippen MR) is 68.1 cm³/mol. The van der Waals surface area contributed by atoms with Crippen LogP contribution in [0, 0.1) is 0 Å². The van der Waals surface area contributed by atoms with Gasteiger partial charge >= 0.3 is 0 Å². The van der Waals surface area contributed by atoms with Gasteiger partial charge < -0.3 is 11.1 Å². The van der Waals surface area contributed by atoms with Gasteiger partial charge in [0.25, 0.3) is 0 Å². The number of hydrogen-bond acceptors (Lipinski definition) is 5. The van der Waals surface area contributed by atoms with Crippen LogP contribution in [0.1, 0.15) is 17.5 Å².